The van der Waals surface area contributed by atoms with Crippen LogP contribution in [0.1, 0.15) is 39.2 Å². The molecule has 204 valence electrons. The molecule has 4 aromatic rings. The topological polar surface area (TPSA) is 120 Å². The number of ether oxygens (including phenoxy) is 3. The zero-order valence-corrected chi connectivity index (χ0v) is 22.2. The van der Waals surface area contributed by atoms with E-state index in [0.717, 1.165) is 24.1 Å². The van der Waals surface area contributed by atoms with Gasteiger partial charge in [0.15, 0.2) is 0 Å². The number of nitrogens with one attached hydrogen (secondary N) is 1. The number of nitrogens with zero attached hydrogens (tertiary/aromatic N) is 2. The van der Waals surface area contributed by atoms with Gasteiger partial charge < -0.3 is 24.6 Å². The van der Waals surface area contributed by atoms with Crippen LogP contribution in [0.25, 0.3) is 0 Å². The standard InChI is InChI=1S/C31H29N3O6/c1-38-23-18-16-20(17-19-23)27(35)34-31(21-10-5-3-6-11-21,22-12-7-4-8-13-22)26(29(36)37)40-30-32-25-15-9-14-24(25)28(33-30)39-2/h3-8,10-13,16-19,26H,9,14-15H2,1-2H3,(H,34,35)(H,36,37). The predicted molar refractivity (Wildman–Crippen MR) is 147 cm³/mol. The summed E-state index contributed by atoms with van der Waals surface area (Å²) >= 11 is 0. The third kappa shape index (κ3) is 5.05. The van der Waals surface area contributed by atoms with Crippen LogP contribution in [-0.4, -0.2) is 47.3 Å². The van der Waals surface area contributed by atoms with E-state index in [-0.39, 0.29) is 6.01 Å². The highest BCUT2D eigenvalue weighted by atomic mass is 16.5. The first-order chi connectivity index (χ1) is 19.5. The maximum Gasteiger partial charge on any atom is 0.348 e. The average molecular weight is 540 g/mol. The number of carbonyl (C=O) groups excluding carboxylic acids is 1. The number of fused-ring (bicyclic) bond motifs is 1. The molecule has 0 saturated carbocycles. The Morgan fingerprint density at radius 3 is 2.02 bits per heavy atom. The van der Waals surface area contributed by atoms with E-state index < -0.39 is 23.5 Å². The van der Waals surface area contributed by atoms with Crippen LogP contribution in [0, 0.1) is 0 Å². The van der Waals surface area contributed by atoms with Gasteiger partial charge in [0.25, 0.3) is 5.91 Å². The Balaban J connectivity index is 1.68. The number of carboxylic acids is 1. The molecule has 0 fully saturated rings. The van der Waals surface area contributed by atoms with E-state index in [9.17, 15) is 14.7 Å². The monoisotopic (exact) mass is 539 g/mol. The lowest BCUT2D eigenvalue weighted by molar-refractivity contribution is -0.148. The summed E-state index contributed by atoms with van der Waals surface area (Å²) in [5.74, 6) is -0.874. The Labute approximate surface area is 231 Å². The zero-order valence-electron chi connectivity index (χ0n) is 22.2. The molecule has 40 heavy (non-hydrogen) atoms. The Morgan fingerprint density at radius 2 is 1.48 bits per heavy atom. The number of carbonyl (C=O) groups is 2. The van der Waals surface area contributed by atoms with Crippen LogP contribution in [0.15, 0.2) is 84.9 Å². The molecule has 5 rings (SSSR count). The molecule has 1 aliphatic rings. The minimum Gasteiger partial charge on any atom is -0.497 e. The van der Waals surface area contributed by atoms with Gasteiger partial charge in [0.05, 0.1) is 19.9 Å². The highest BCUT2D eigenvalue weighted by Gasteiger charge is 2.50. The summed E-state index contributed by atoms with van der Waals surface area (Å²) in [6, 6.07) is 24.2. The lowest BCUT2D eigenvalue weighted by Gasteiger charge is -2.39. The molecule has 1 atom stereocenters. The van der Waals surface area contributed by atoms with E-state index in [1.807, 2.05) is 12.1 Å². The Bertz CT molecular complexity index is 1450. The van der Waals surface area contributed by atoms with Gasteiger partial charge in [0.1, 0.15) is 11.3 Å². The smallest absolute Gasteiger partial charge is 0.348 e. The number of benzene rings is 3. The van der Waals surface area contributed by atoms with Crippen LogP contribution in [-0.2, 0) is 23.2 Å². The number of carboxylic acid groups (broad SMARTS) is 1. The summed E-state index contributed by atoms with van der Waals surface area (Å²) in [7, 11) is 3.04. The highest BCUT2D eigenvalue weighted by Crippen LogP contribution is 2.37. The lowest BCUT2D eigenvalue weighted by atomic mass is 9.77. The van der Waals surface area contributed by atoms with Crippen molar-refractivity contribution < 1.29 is 28.9 Å². The summed E-state index contributed by atoms with van der Waals surface area (Å²) in [5, 5.41) is 13.7. The van der Waals surface area contributed by atoms with Crippen LogP contribution in [0.2, 0.25) is 0 Å². The summed E-state index contributed by atoms with van der Waals surface area (Å²) in [6.07, 6.45) is 0.710. The van der Waals surface area contributed by atoms with Crippen molar-refractivity contribution in [2.45, 2.75) is 30.9 Å². The third-order valence-electron chi connectivity index (χ3n) is 7.03. The summed E-state index contributed by atoms with van der Waals surface area (Å²) in [5.41, 5.74) is 1.30. The first-order valence-electron chi connectivity index (χ1n) is 12.9. The van der Waals surface area contributed by atoms with Crippen LogP contribution in [0.3, 0.4) is 0 Å². The van der Waals surface area contributed by atoms with Crippen LogP contribution in [0.4, 0.5) is 0 Å². The predicted octanol–water partition coefficient (Wildman–Crippen LogP) is 4.19. The van der Waals surface area contributed by atoms with Gasteiger partial charge in [0.2, 0.25) is 12.0 Å². The first-order valence-corrected chi connectivity index (χ1v) is 12.9. The van der Waals surface area contributed by atoms with Gasteiger partial charge in [-0.2, -0.15) is 9.97 Å². The second-order valence-electron chi connectivity index (χ2n) is 9.35. The Kier molecular flexibility index (Phi) is 7.63. The van der Waals surface area contributed by atoms with Gasteiger partial charge in [-0.25, -0.2) is 4.79 Å². The van der Waals surface area contributed by atoms with Gasteiger partial charge in [-0.1, -0.05) is 60.7 Å². The summed E-state index contributed by atoms with van der Waals surface area (Å²) in [4.78, 5) is 35.8. The van der Waals surface area contributed by atoms with Crippen molar-refractivity contribution in [1.29, 1.82) is 0 Å². The SMILES string of the molecule is COc1ccc(C(=O)NC(c2ccccc2)(c2ccccc2)C(Oc2nc3c(c(OC)n2)CCC3)C(=O)O)cc1. The van der Waals surface area contributed by atoms with Crippen molar-refractivity contribution in [1.82, 2.24) is 15.3 Å². The van der Waals surface area contributed by atoms with E-state index in [0.29, 0.717) is 34.7 Å². The number of rotatable bonds is 10. The van der Waals surface area contributed by atoms with Gasteiger partial charge in [-0.3, -0.25) is 4.79 Å². The summed E-state index contributed by atoms with van der Waals surface area (Å²) in [6.45, 7) is 0. The van der Waals surface area contributed by atoms with Crippen molar-refractivity contribution in [2.75, 3.05) is 14.2 Å². The van der Waals surface area contributed by atoms with E-state index in [1.165, 1.54) is 14.2 Å². The number of hydrogen-bond acceptors (Lipinski definition) is 7. The molecular weight excluding hydrogens is 510 g/mol. The molecule has 0 radical (unpaired) electrons. The number of aromatic nitrogens is 2. The number of aliphatic carboxylic acids is 1. The van der Waals surface area contributed by atoms with Crippen molar-refractivity contribution in [3.63, 3.8) is 0 Å². The summed E-state index contributed by atoms with van der Waals surface area (Å²) < 4.78 is 16.9. The van der Waals surface area contributed by atoms with Crippen molar-refractivity contribution in [3.8, 4) is 17.6 Å². The highest BCUT2D eigenvalue weighted by molar-refractivity contribution is 5.96. The second-order valence-corrected chi connectivity index (χ2v) is 9.35. The Morgan fingerprint density at radius 1 is 0.850 bits per heavy atom. The second kappa shape index (κ2) is 11.4. The number of methoxy groups -OCH3 is 2. The average Bonchev–Trinajstić information content (AvgIpc) is 3.48. The fourth-order valence-electron chi connectivity index (χ4n) is 5.10. The molecule has 0 saturated heterocycles. The van der Waals surface area contributed by atoms with Crippen LogP contribution >= 0.6 is 0 Å². The minimum absolute atomic E-state index is 0.139. The lowest BCUT2D eigenvalue weighted by Crippen LogP contribution is -2.60. The van der Waals surface area contributed by atoms with Crippen molar-refractivity contribution in [2.24, 2.45) is 0 Å². The molecule has 3 aromatic carbocycles. The quantitative estimate of drug-likeness (QED) is 0.308. The van der Waals surface area contributed by atoms with E-state index >= 15 is 0 Å². The first kappa shape index (κ1) is 26.7. The molecule has 1 unspecified atom stereocenters. The fraction of sp³-hybridized carbons (Fsp3) is 0.226. The number of amides is 1. The molecule has 2 N–H and O–H groups in total. The normalized spacial score (nSPS) is 13.2. The molecule has 9 heteroatoms. The molecule has 1 aliphatic carbocycles. The van der Waals surface area contributed by atoms with Gasteiger partial charge in [0, 0.05) is 11.1 Å². The molecule has 1 heterocycles. The molecule has 1 amide bonds. The maximum atomic E-state index is 13.8. The van der Waals surface area contributed by atoms with Gasteiger partial charge >= 0.3 is 12.0 Å². The van der Waals surface area contributed by atoms with E-state index in [2.05, 4.69) is 15.3 Å². The molecular formula is C31H29N3O6. The zero-order chi connectivity index (χ0) is 28.1. The molecule has 0 bridgehead atoms. The maximum absolute atomic E-state index is 13.8. The minimum atomic E-state index is -1.68. The van der Waals surface area contributed by atoms with Gasteiger partial charge in [-0.05, 0) is 54.7 Å². The molecule has 1 aromatic heterocycles. The van der Waals surface area contributed by atoms with Crippen molar-refractivity contribution in [3.05, 3.63) is 113 Å². The molecule has 0 aliphatic heterocycles. The fourth-order valence-corrected chi connectivity index (χ4v) is 5.10. The van der Waals surface area contributed by atoms with E-state index in [4.69, 9.17) is 14.2 Å². The Hall–Kier alpha value is -4.92. The van der Waals surface area contributed by atoms with Gasteiger partial charge in [-0.15, -0.1) is 0 Å². The largest absolute Gasteiger partial charge is 0.497 e. The molecule has 0 spiro atoms. The van der Waals surface area contributed by atoms with Crippen LogP contribution < -0.4 is 19.5 Å². The number of aryl methyl sites for hydroxylation is 1. The van der Waals surface area contributed by atoms with E-state index in [1.54, 1.807) is 72.8 Å². The molecule has 9 nitrogen and oxygen atoms in total. The van der Waals surface area contributed by atoms with Crippen LogP contribution in [0.5, 0.6) is 17.6 Å². The number of hydrogen-bond donors (Lipinski definition) is 2. The third-order valence-corrected chi connectivity index (χ3v) is 7.03. The van der Waals surface area contributed by atoms with Crippen molar-refractivity contribution >= 4 is 11.9 Å².